The van der Waals surface area contributed by atoms with Crippen molar-refractivity contribution >= 4 is 17.7 Å². The van der Waals surface area contributed by atoms with Gasteiger partial charge in [-0.15, -0.1) is 10.2 Å². The molecule has 3 heterocycles. The molecule has 0 fully saturated rings. The number of carbonyl (C=O) groups excluding carboxylic acids is 1. The second-order valence-corrected chi connectivity index (χ2v) is 9.24. The Balaban J connectivity index is 1.74. The Morgan fingerprint density at radius 1 is 1.08 bits per heavy atom. The first kappa shape index (κ1) is 25.5. The Morgan fingerprint density at radius 3 is 2.56 bits per heavy atom. The fourth-order valence-electron chi connectivity index (χ4n) is 3.93. The van der Waals surface area contributed by atoms with Crippen molar-refractivity contribution in [1.82, 2.24) is 29.5 Å². The van der Waals surface area contributed by atoms with Crippen molar-refractivity contribution in [2.75, 3.05) is 78.7 Å². The van der Waals surface area contributed by atoms with Crippen molar-refractivity contribution in [1.29, 1.82) is 0 Å². The Kier molecular flexibility index (Phi) is 7.45. The number of hydrogen-bond donors (Lipinski definition) is 0. The number of carbonyl (C=O) groups is 1. The highest BCUT2D eigenvalue weighted by Crippen LogP contribution is 2.30. The predicted molar refractivity (Wildman–Crippen MR) is 135 cm³/mol. The minimum atomic E-state index is -0.195. The highest BCUT2D eigenvalue weighted by Gasteiger charge is 2.31. The molecule has 3 aromatic rings. The molecule has 0 N–H and O–H groups in total. The molecule has 4 rings (SSSR count). The number of hydrogen-bond acceptors (Lipinski definition) is 10. The Morgan fingerprint density at radius 2 is 1.83 bits per heavy atom. The number of rotatable bonds is 8. The maximum Gasteiger partial charge on any atom is 0.276 e. The van der Waals surface area contributed by atoms with Crippen LogP contribution < -0.4 is 14.5 Å². The van der Waals surface area contributed by atoms with Gasteiger partial charge in [0, 0.05) is 39.8 Å². The number of anilines is 2. The summed E-state index contributed by atoms with van der Waals surface area (Å²) < 4.78 is 18.9. The third-order valence-electron chi connectivity index (χ3n) is 6.05. The maximum absolute atomic E-state index is 13.4. The first-order chi connectivity index (χ1) is 17.2. The number of fused-ring (bicyclic) bond motifs is 1. The van der Waals surface area contributed by atoms with E-state index in [0.29, 0.717) is 42.5 Å². The highest BCUT2D eigenvalue weighted by atomic mass is 16.5. The van der Waals surface area contributed by atoms with Gasteiger partial charge < -0.3 is 33.5 Å². The van der Waals surface area contributed by atoms with Crippen LogP contribution in [0.4, 0.5) is 11.8 Å². The van der Waals surface area contributed by atoms with E-state index in [1.54, 1.807) is 14.2 Å². The van der Waals surface area contributed by atoms with Crippen molar-refractivity contribution in [3.05, 3.63) is 35.3 Å². The number of amides is 1. The van der Waals surface area contributed by atoms with E-state index in [-0.39, 0.29) is 19.2 Å². The number of aromatic nitrogens is 4. The van der Waals surface area contributed by atoms with E-state index in [2.05, 4.69) is 15.1 Å². The van der Waals surface area contributed by atoms with Crippen LogP contribution >= 0.6 is 0 Å². The smallest absolute Gasteiger partial charge is 0.276 e. The minimum Gasteiger partial charge on any atom is -0.496 e. The molecule has 0 atom stereocenters. The quantitative estimate of drug-likeness (QED) is 0.456. The minimum absolute atomic E-state index is 0.180. The van der Waals surface area contributed by atoms with E-state index >= 15 is 0 Å². The molecule has 0 spiro atoms. The summed E-state index contributed by atoms with van der Waals surface area (Å²) in [5.74, 6) is 2.47. The Hall–Kier alpha value is -3.64. The third kappa shape index (κ3) is 5.14. The number of benzene rings is 1. The molecule has 0 unspecified atom stereocenters. The van der Waals surface area contributed by atoms with Crippen LogP contribution in [0.1, 0.15) is 21.9 Å². The summed E-state index contributed by atoms with van der Waals surface area (Å²) in [4.78, 5) is 25.8. The number of aryl methyl sites for hydroxylation is 1. The van der Waals surface area contributed by atoms with Gasteiger partial charge in [0.2, 0.25) is 17.7 Å². The molecule has 0 saturated carbocycles. The van der Waals surface area contributed by atoms with Crippen molar-refractivity contribution in [3.8, 4) is 17.2 Å². The molecule has 194 valence electrons. The number of methoxy groups -OCH3 is 1. The van der Waals surface area contributed by atoms with Crippen molar-refractivity contribution in [2.24, 2.45) is 0 Å². The van der Waals surface area contributed by atoms with Gasteiger partial charge in [-0.25, -0.2) is 0 Å². The average Bonchev–Trinajstić information content (AvgIpc) is 3.47. The molecule has 2 aromatic heterocycles. The summed E-state index contributed by atoms with van der Waals surface area (Å²) in [5.41, 5.74) is 2.22. The SMILES string of the molecule is COc1cc(-c2nnc(Cn3c(N(C)CCN(C)C)nc4c3C(=O)N(C)COCN4C)o2)ccc1C. The van der Waals surface area contributed by atoms with Gasteiger partial charge in [-0.1, -0.05) is 6.07 Å². The van der Waals surface area contributed by atoms with Crippen LogP contribution in [-0.4, -0.2) is 104 Å². The van der Waals surface area contributed by atoms with Gasteiger partial charge in [0.05, 0.1) is 7.11 Å². The number of nitrogens with zero attached hydrogens (tertiary/aromatic N) is 8. The predicted octanol–water partition coefficient (Wildman–Crippen LogP) is 1.75. The van der Waals surface area contributed by atoms with Gasteiger partial charge >= 0.3 is 0 Å². The third-order valence-corrected chi connectivity index (χ3v) is 6.05. The van der Waals surface area contributed by atoms with Crippen LogP contribution in [0.2, 0.25) is 0 Å². The largest absolute Gasteiger partial charge is 0.496 e. The van der Waals surface area contributed by atoms with E-state index in [1.165, 1.54) is 4.90 Å². The van der Waals surface area contributed by atoms with E-state index in [0.717, 1.165) is 23.4 Å². The molecule has 0 saturated heterocycles. The van der Waals surface area contributed by atoms with Crippen molar-refractivity contribution < 1.29 is 18.7 Å². The van der Waals surface area contributed by atoms with Gasteiger partial charge in [-0.3, -0.25) is 9.36 Å². The normalized spacial score (nSPS) is 14.2. The molecule has 36 heavy (non-hydrogen) atoms. The first-order valence-corrected chi connectivity index (χ1v) is 11.7. The van der Waals surface area contributed by atoms with Crippen molar-refractivity contribution in [3.63, 3.8) is 0 Å². The summed E-state index contributed by atoms with van der Waals surface area (Å²) in [6.07, 6.45) is 0. The zero-order chi connectivity index (χ0) is 26.0. The summed E-state index contributed by atoms with van der Waals surface area (Å²) in [6, 6.07) is 5.73. The topological polar surface area (TPSA) is 105 Å². The molecule has 12 heteroatoms. The number of likely N-dealkylation sites (N-methyl/N-ethyl adjacent to an activating group) is 2. The monoisotopic (exact) mass is 498 g/mol. The first-order valence-electron chi connectivity index (χ1n) is 11.7. The van der Waals surface area contributed by atoms with Crippen LogP contribution in [0.25, 0.3) is 11.5 Å². The van der Waals surface area contributed by atoms with Crippen LogP contribution in [0.5, 0.6) is 5.75 Å². The molecule has 0 aliphatic carbocycles. The zero-order valence-corrected chi connectivity index (χ0v) is 22.0. The summed E-state index contributed by atoms with van der Waals surface area (Å²) >= 11 is 0. The summed E-state index contributed by atoms with van der Waals surface area (Å²) in [5, 5.41) is 8.53. The van der Waals surface area contributed by atoms with E-state index in [9.17, 15) is 4.79 Å². The molecular weight excluding hydrogens is 464 g/mol. The second-order valence-electron chi connectivity index (χ2n) is 9.24. The molecule has 0 bridgehead atoms. The number of imidazole rings is 1. The van der Waals surface area contributed by atoms with Gasteiger partial charge in [-0.2, -0.15) is 4.98 Å². The fraction of sp³-hybridized carbons (Fsp3) is 0.500. The van der Waals surface area contributed by atoms with Gasteiger partial charge in [0.1, 0.15) is 25.8 Å². The van der Waals surface area contributed by atoms with Gasteiger partial charge in [0.25, 0.3) is 5.91 Å². The van der Waals surface area contributed by atoms with Crippen LogP contribution in [-0.2, 0) is 11.3 Å². The molecule has 1 amide bonds. The van der Waals surface area contributed by atoms with E-state index in [1.807, 2.05) is 67.7 Å². The maximum atomic E-state index is 13.4. The van der Waals surface area contributed by atoms with Gasteiger partial charge in [-0.05, 0) is 38.7 Å². The molecule has 12 nitrogen and oxygen atoms in total. The van der Waals surface area contributed by atoms with Crippen LogP contribution in [0, 0.1) is 6.92 Å². The lowest BCUT2D eigenvalue weighted by molar-refractivity contribution is 0.0312. The summed E-state index contributed by atoms with van der Waals surface area (Å²) in [7, 11) is 11.2. The Bertz CT molecular complexity index is 1220. The Labute approximate surface area is 211 Å². The average molecular weight is 499 g/mol. The second kappa shape index (κ2) is 10.5. The van der Waals surface area contributed by atoms with Gasteiger partial charge in [0.15, 0.2) is 11.5 Å². The lowest BCUT2D eigenvalue weighted by Crippen LogP contribution is -2.37. The van der Waals surface area contributed by atoms with Crippen LogP contribution in [0.15, 0.2) is 22.6 Å². The molecular formula is C24H34N8O4. The highest BCUT2D eigenvalue weighted by molar-refractivity contribution is 5.98. The van der Waals surface area contributed by atoms with E-state index in [4.69, 9.17) is 18.9 Å². The molecule has 0 radical (unpaired) electrons. The lowest BCUT2D eigenvalue weighted by atomic mass is 10.1. The molecule has 1 aliphatic heterocycles. The molecule has 1 aliphatic rings. The van der Waals surface area contributed by atoms with Crippen molar-refractivity contribution in [2.45, 2.75) is 13.5 Å². The standard InChI is InChI=1S/C24H34N8O4/c1-16-8-9-17(12-18(16)34-7)22-27-26-19(36-22)13-32-20-21(25-24(32)29(4)11-10-28(2)3)30(5)14-35-15-31(6)23(20)33/h8-9,12H,10-11,13-15H2,1-7H3. The zero-order valence-electron chi connectivity index (χ0n) is 22.0. The fourth-order valence-corrected chi connectivity index (χ4v) is 3.93. The van der Waals surface area contributed by atoms with E-state index < -0.39 is 0 Å². The lowest BCUT2D eigenvalue weighted by Gasteiger charge is -2.26. The summed E-state index contributed by atoms with van der Waals surface area (Å²) in [6.45, 7) is 4.18. The van der Waals surface area contributed by atoms with Crippen LogP contribution in [0.3, 0.4) is 0 Å². The molecule has 1 aromatic carbocycles. The number of ether oxygens (including phenoxy) is 2.